The molecular weight excluding hydrogens is 318 g/mol. The highest BCUT2D eigenvalue weighted by Crippen LogP contribution is 2.37. The summed E-state index contributed by atoms with van der Waals surface area (Å²) < 4.78 is 11.1. The summed E-state index contributed by atoms with van der Waals surface area (Å²) in [5.41, 5.74) is -0.456. The molecule has 0 atom stereocenters. The molecule has 0 aliphatic rings. The van der Waals surface area contributed by atoms with Crippen LogP contribution in [-0.2, 0) is 4.79 Å². The fourth-order valence-corrected chi connectivity index (χ4v) is 2.56. The van der Waals surface area contributed by atoms with Gasteiger partial charge >= 0.3 is 11.6 Å². The van der Waals surface area contributed by atoms with Crippen molar-refractivity contribution in [2.45, 2.75) is 13.8 Å². The van der Waals surface area contributed by atoms with E-state index in [0.717, 1.165) is 11.5 Å². The van der Waals surface area contributed by atoms with E-state index in [1.807, 2.05) is 0 Å². The summed E-state index contributed by atoms with van der Waals surface area (Å²) in [4.78, 5) is 23.2. The number of aromatic hydroxyl groups is 3. The first-order valence-corrected chi connectivity index (χ1v) is 6.88. The molecule has 8 nitrogen and oxygen atoms in total. The maximum atomic E-state index is 12.0. The highest BCUT2D eigenvalue weighted by atomic mass is 16.5. The number of carbonyl (C=O) groups is 1. The van der Waals surface area contributed by atoms with Gasteiger partial charge in [0.15, 0.2) is 11.8 Å². The van der Waals surface area contributed by atoms with Gasteiger partial charge in [-0.15, -0.1) is 0 Å². The minimum atomic E-state index is -0.882. The van der Waals surface area contributed by atoms with Crippen molar-refractivity contribution in [2.24, 2.45) is 0 Å². The van der Waals surface area contributed by atoms with E-state index in [9.17, 15) is 24.9 Å². The van der Waals surface area contributed by atoms with Crippen LogP contribution in [0.15, 0.2) is 33.5 Å². The van der Waals surface area contributed by atoms with Crippen LogP contribution in [-0.4, -0.2) is 25.9 Å². The third-order valence-electron chi connectivity index (χ3n) is 3.50. The predicted molar refractivity (Wildman–Crippen MR) is 82.9 cm³/mol. The Balaban J connectivity index is 2.46. The first kappa shape index (κ1) is 15.5. The van der Waals surface area contributed by atoms with Gasteiger partial charge in [-0.05, 0) is 6.92 Å². The molecule has 3 aromatic rings. The standard InChI is InChI=1S/C16H13NO7/c1-7-14-10(17-12(20)3-4-13(17)21)5-9(19)6-11(14)24-16(22)15(7)23-8(2)18/h3-6,19-21H,1-2H3. The third-order valence-corrected chi connectivity index (χ3v) is 3.50. The van der Waals surface area contributed by atoms with E-state index in [1.54, 1.807) is 0 Å². The fraction of sp³-hybridized carbons (Fsp3) is 0.125. The Morgan fingerprint density at radius 1 is 1.17 bits per heavy atom. The Kier molecular flexibility index (Phi) is 3.44. The molecule has 24 heavy (non-hydrogen) atoms. The average Bonchev–Trinajstić information content (AvgIpc) is 2.81. The highest BCUT2D eigenvalue weighted by molar-refractivity contribution is 5.92. The van der Waals surface area contributed by atoms with Crippen LogP contribution in [0, 0.1) is 6.92 Å². The number of fused-ring (bicyclic) bond motifs is 1. The molecule has 3 rings (SSSR count). The smallest absolute Gasteiger partial charge is 0.380 e. The number of ether oxygens (including phenoxy) is 1. The van der Waals surface area contributed by atoms with Crippen LogP contribution in [0.25, 0.3) is 16.7 Å². The van der Waals surface area contributed by atoms with Crippen molar-refractivity contribution in [3.05, 3.63) is 40.2 Å². The number of aromatic nitrogens is 1. The zero-order valence-corrected chi connectivity index (χ0v) is 12.7. The second-order valence-corrected chi connectivity index (χ2v) is 5.16. The molecule has 0 saturated heterocycles. The normalized spacial score (nSPS) is 10.9. The molecule has 0 spiro atoms. The summed E-state index contributed by atoms with van der Waals surface area (Å²) in [7, 11) is 0. The van der Waals surface area contributed by atoms with Crippen molar-refractivity contribution < 1.29 is 29.3 Å². The van der Waals surface area contributed by atoms with E-state index < -0.39 is 11.6 Å². The van der Waals surface area contributed by atoms with E-state index in [2.05, 4.69) is 0 Å². The number of phenolic OH excluding ortho intramolecular Hbond substituents is 1. The van der Waals surface area contributed by atoms with Gasteiger partial charge in [0, 0.05) is 42.1 Å². The molecule has 1 aromatic carbocycles. The molecule has 0 fully saturated rings. The van der Waals surface area contributed by atoms with Crippen molar-refractivity contribution >= 4 is 16.9 Å². The van der Waals surface area contributed by atoms with Gasteiger partial charge in [0.05, 0.1) is 5.69 Å². The third kappa shape index (κ3) is 2.34. The zero-order chi connectivity index (χ0) is 17.6. The lowest BCUT2D eigenvalue weighted by atomic mass is 10.1. The lowest BCUT2D eigenvalue weighted by Gasteiger charge is -2.14. The molecule has 8 heteroatoms. The van der Waals surface area contributed by atoms with Crippen molar-refractivity contribution in [3.8, 4) is 28.9 Å². The topological polar surface area (TPSA) is 122 Å². The number of hydrogen-bond donors (Lipinski definition) is 3. The summed E-state index contributed by atoms with van der Waals surface area (Å²) in [6, 6.07) is 4.99. The number of carbonyl (C=O) groups excluding carboxylic acids is 1. The second kappa shape index (κ2) is 5.34. The van der Waals surface area contributed by atoms with Crippen molar-refractivity contribution in [3.63, 3.8) is 0 Å². The SMILES string of the molecule is CC(=O)Oc1c(C)c2c(-n3c(O)ccc3O)cc(O)cc2oc1=O. The summed E-state index contributed by atoms with van der Waals surface area (Å²) in [6.45, 7) is 2.67. The molecule has 2 aromatic heterocycles. The lowest BCUT2D eigenvalue weighted by molar-refractivity contribution is -0.132. The molecular formula is C16H13NO7. The monoisotopic (exact) mass is 331 g/mol. The Hall–Kier alpha value is -3.42. The molecule has 0 aliphatic carbocycles. The van der Waals surface area contributed by atoms with Gasteiger partial charge < -0.3 is 24.5 Å². The molecule has 3 N–H and O–H groups in total. The summed E-state index contributed by atoms with van der Waals surface area (Å²) in [5.74, 6) is -1.82. The van der Waals surface area contributed by atoms with Crippen LogP contribution in [0.2, 0.25) is 0 Å². The van der Waals surface area contributed by atoms with Crippen molar-refractivity contribution in [1.82, 2.24) is 4.57 Å². The number of nitrogens with zero attached hydrogens (tertiary/aromatic N) is 1. The van der Waals surface area contributed by atoms with E-state index in [4.69, 9.17) is 9.15 Å². The van der Waals surface area contributed by atoms with Gasteiger partial charge in [0.1, 0.15) is 11.3 Å². The Morgan fingerprint density at radius 3 is 2.38 bits per heavy atom. The summed E-state index contributed by atoms with van der Waals surface area (Å²) >= 11 is 0. The molecule has 2 heterocycles. The maximum Gasteiger partial charge on any atom is 0.380 e. The molecule has 0 unspecified atom stereocenters. The minimum absolute atomic E-state index is 0.0101. The molecule has 0 aliphatic heterocycles. The lowest BCUT2D eigenvalue weighted by Crippen LogP contribution is -2.13. The Morgan fingerprint density at radius 2 is 1.79 bits per heavy atom. The summed E-state index contributed by atoms with van der Waals surface area (Å²) in [5, 5.41) is 30.0. The van der Waals surface area contributed by atoms with Crippen LogP contribution in [0.3, 0.4) is 0 Å². The number of aryl methyl sites for hydroxylation is 1. The maximum absolute atomic E-state index is 12.0. The molecule has 0 bridgehead atoms. The second-order valence-electron chi connectivity index (χ2n) is 5.16. The van der Waals surface area contributed by atoms with E-state index in [1.165, 1.54) is 31.2 Å². The van der Waals surface area contributed by atoms with E-state index in [-0.39, 0.29) is 45.5 Å². The fourth-order valence-electron chi connectivity index (χ4n) is 2.56. The van der Waals surface area contributed by atoms with Crippen LogP contribution in [0.1, 0.15) is 12.5 Å². The Labute approximate surface area is 134 Å². The predicted octanol–water partition coefficient (Wildman–Crippen LogP) is 1.93. The van der Waals surface area contributed by atoms with Gasteiger partial charge in [-0.3, -0.25) is 9.36 Å². The Bertz CT molecular complexity index is 1010. The average molecular weight is 331 g/mol. The quantitative estimate of drug-likeness (QED) is 0.484. The van der Waals surface area contributed by atoms with E-state index >= 15 is 0 Å². The number of benzene rings is 1. The number of esters is 1. The van der Waals surface area contributed by atoms with Crippen LogP contribution >= 0.6 is 0 Å². The van der Waals surface area contributed by atoms with Gasteiger partial charge in [-0.1, -0.05) is 0 Å². The first-order chi connectivity index (χ1) is 11.3. The van der Waals surface area contributed by atoms with Crippen LogP contribution in [0.4, 0.5) is 0 Å². The largest absolute Gasteiger partial charge is 0.508 e. The molecule has 0 amide bonds. The highest BCUT2D eigenvalue weighted by Gasteiger charge is 2.21. The number of phenols is 1. The zero-order valence-electron chi connectivity index (χ0n) is 12.7. The minimum Gasteiger partial charge on any atom is -0.508 e. The van der Waals surface area contributed by atoms with Crippen molar-refractivity contribution in [1.29, 1.82) is 0 Å². The van der Waals surface area contributed by atoms with Gasteiger partial charge in [-0.25, -0.2) is 4.79 Å². The van der Waals surface area contributed by atoms with Crippen LogP contribution in [0.5, 0.6) is 23.3 Å². The molecule has 0 saturated carbocycles. The van der Waals surface area contributed by atoms with Gasteiger partial charge in [0.25, 0.3) is 0 Å². The number of rotatable bonds is 2. The molecule has 124 valence electrons. The van der Waals surface area contributed by atoms with Crippen molar-refractivity contribution in [2.75, 3.05) is 0 Å². The first-order valence-electron chi connectivity index (χ1n) is 6.88. The number of hydrogen-bond acceptors (Lipinski definition) is 7. The van der Waals surface area contributed by atoms with Gasteiger partial charge in [-0.2, -0.15) is 0 Å². The van der Waals surface area contributed by atoms with Gasteiger partial charge in [0.2, 0.25) is 5.75 Å². The van der Waals surface area contributed by atoms with Crippen LogP contribution < -0.4 is 10.4 Å². The van der Waals surface area contributed by atoms with E-state index in [0.29, 0.717) is 0 Å². The summed E-state index contributed by atoms with van der Waals surface area (Å²) in [6.07, 6.45) is 0. The molecule has 0 radical (unpaired) electrons.